The molecular weight excluding hydrogens is 200 g/mol. The van der Waals surface area contributed by atoms with Crippen LogP contribution in [0.1, 0.15) is 16.9 Å². The highest BCUT2D eigenvalue weighted by molar-refractivity contribution is 5.61. The molecule has 0 unspecified atom stereocenters. The highest BCUT2D eigenvalue weighted by Crippen LogP contribution is 2.22. The van der Waals surface area contributed by atoms with Crippen molar-refractivity contribution in [3.05, 3.63) is 47.4 Å². The monoisotopic (exact) mass is 216 g/mol. The summed E-state index contributed by atoms with van der Waals surface area (Å²) in [6.45, 7) is 4.74. The summed E-state index contributed by atoms with van der Waals surface area (Å²) in [4.78, 5) is 0. The lowest BCUT2D eigenvalue weighted by Crippen LogP contribution is -2.01. The van der Waals surface area contributed by atoms with Crippen molar-refractivity contribution in [2.75, 3.05) is 11.1 Å². The second-order valence-corrected chi connectivity index (χ2v) is 3.96. The normalized spacial score (nSPS) is 10.4. The van der Waals surface area contributed by atoms with E-state index < -0.39 is 0 Å². The molecule has 0 atom stereocenters. The third kappa shape index (κ3) is 2.19. The lowest BCUT2D eigenvalue weighted by Gasteiger charge is -2.11. The first-order valence-corrected chi connectivity index (χ1v) is 5.30. The molecule has 1 aromatic heterocycles. The van der Waals surface area contributed by atoms with E-state index >= 15 is 0 Å². The molecule has 0 aliphatic rings. The smallest absolute Gasteiger partial charge is 0.122 e. The van der Waals surface area contributed by atoms with Gasteiger partial charge in [-0.2, -0.15) is 0 Å². The zero-order valence-corrected chi connectivity index (χ0v) is 9.58. The second-order valence-electron chi connectivity index (χ2n) is 3.96. The van der Waals surface area contributed by atoms with E-state index in [4.69, 9.17) is 10.2 Å². The second kappa shape index (κ2) is 4.31. The van der Waals surface area contributed by atoms with E-state index in [1.165, 1.54) is 0 Å². The van der Waals surface area contributed by atoms with Crippen LogP contribution in [0.15, 0.2) is 34.9 Å². The average molecular weight is 216 g/mol. The fraction of sp³-hybridized carbons (Fsp3) is 0.231. The maximum Gasteiger partial charge on any atom is 0.122 e. The first-order chi connectivity index (χ1) is 7.66. The molecule has 0 aliphatic carbocycles. The summed E-state index contributed by atoms with van der Waals surface area (Å²) in [5.74, 6) is 0.925. The van der Waals surface area contributed by atoms with Crippen LogP contribution in [-0.4, -0.2) is 0 Å². The number of hydrogen-bond acceptors (Lipinski definition) is 3. The van der Waals surface area contributed by atoms with Crippen LogP contribution < -0.4 is 11.1 Å². The van der Waals surface area contributed by atoms with Gasteiger partial charge >= 0.3 is 0 Å². The topological polar surface area (TPSA) is 51.2 Å². The summed E-state index contributed by atoms with van der Waals surface area (Å²) in [7, 11) is 0. The standard InChI is InChI=1S/C13H16N2O/c1-9-7-13(10(2)6-12(9)14)15-8-11-4-3-5-16-11/h3-7,15H,8,14H2,1-2H3. The molecule has 0 spiro atoms. The largest absolute Gasteiger partial charge is 0.467 e. The predicted molar refractivity (Wildman–Crippen MR) is 66.4 cm³/mol. The Labute approximate surface area is 95.3 Å². The molecule has 0 fully saturated rings. The molecule has 0 radical (unpaired) electrons. The van der Waals surface area contributed by atoms with Gasteiger partial charge in [0.05, 0.1) is 12.8 Å². The summed E-state index contributed by atoms with van der Waals surface area (Å²) in [6.07, 6.45) is 1.68. The van der Waals surface area contributed by atoms with E-state index in [9.17, 15) is 0 Å². The van der Waals surface area contributed by atoms with Crippen molar-refractivity contribution in [3.63, 3.8) is 0 Å². The number of hydrogen-bond donors (Lipinski definition) is 2. The molecule has 0 aliphatic heterocycles. The van der Waals surface area contributed by atoms with Crippen LogP contribution in [0.4, 0.5) is 11.4 Å². The Morgan fingerprint density at radius 3 is 2.75 bits per heavy atom. The number of aryl methyl sites for hydroxylation is 2. The highest BCUT2D eigenvalue weighted by atomic mass is 16.3. The van der Waals surface area contributed by atoms with Gasteiger partial charge in [-0.3, -0.25) is 0 Å². The minimum atomic E-state index is 0.692. The number of nitrogen functional groups attached to an aromatic ring is 1. The molecule has 0 saturated carbocycles. The van der Waals surface area contributed by atoms with Gasteiger partial charge in [-0.1, -0.05) is 0 Å². The molecule has 0 bridgehead atoms. The van der Waals surface area contributed by atoms with Crippen LogP contribution >= 0.6 is 0 Å². The minimum absolute atomic E-state index is 0.692. The number of anilines is 2. The Kier molecular flexibility index (Phi) is 2.86. The Hall–Kier alpha value is -1.90. The van der Waals surface area contributed by atoms with Crippen LogP contribution in [-0.2, 0) is 6.54 Å². The molecule has 16 heavy (non-hydrogen) atoms. The number of nitrogens with two attached hydrogens (primary N) is 1. The minimum Gasteiger partial charge on any atom is -0.467 e. The lowest BCUT2D eigenvalue weighted by atomic mass is 10.1. The molecule has 1 aromatic carbocycles. The molecule has 2 aromatic rings. The van der Waals surface area contributed by atoms with E-state index in [1.807, 2.05) is 32.0 Å². The molecule has 1 heterocycles. The van der Waals surface area contributed by atoms with Crippen LogP contribution in [0.5, 0.6) is 0 Å². The van der Waals surface area contributed by atoms with Gasteiger partial charge in [0.2, 0.25) is 0 Å². The predicted octanol–water partition coefficient (Wildman–Crippen LogP) is 3.09. The van der Waals surface area contributed by atoms with E-state index in [1.54, 1.807) is 6.26 Å². The zero-order valence-electron chi connectivity index (χ0n) is 9.58. The first-order valence-electron chi connectivity index (χ1n) is 5.30. The summed E-state index contributed by atoms with van der Waals surface area (Å²) in [5, 5.41) is 3.33. The summed E-state index contributed by atoms with van der Waals surface area (Å²) >= 11 is 0. The Balaban J connectivity index is 2.12. The number of furan rings is 1. The van der Waals surface area contributed by atoms with Crippen molar-refractivity contribution < 1.29 is 4.42 Å². The van der Waals surface area contributed by atoms with Crippen LogP contribution in [0.25, 0.3) is 0 Å². The Morgan fingerprint density at radius 2 is 2.06 bits per heavy atom. The molecule has 0 amide bonds. The van der Waals surface area contributed by atoms with Crippen molar-refractivity contribution in [2.24, 2.45) is 0 Å². The molecular formula is C13H16N2O. The van der Waals surface area contributed by atoms with E-state index in [-0.39, 0.29) is 0 Å². The van der Waals surface area contributed by atoms with Crippen LogP contribution in [0.2, 0.25) is 0 Å². The van der Waals surface area contributed by atoms with Gasteiger partial charge in [0, 0.05) is 11.4 Å². The maximum atomic E-state index is 5.83. The van der Waals surface area contributed by atoms with Crippen molar-refractivity contribution in [1.29, 1.82) is 0 Å². The molecule has 3 N–H and O–H groups in total. The SMILES string of the molecule is Cc1cc(NCc2ccco2)c(C)cc1N. The van der Waals surface area contributed by atoms with Crippen LogP contribution in [0.3, 0.4) is 0 Å². The summed E-state index contributed by atoms with van der Waals surface area (Å²) in [6, 6.07) is 7.89. The van der Waals surface area contributed by atoms with Gasteiger partial charge in [0.15, 0.2) is 0 Å². The molecule has 3 nitrogen and oxygen atoms in total. The van der Waals surface area contributed by atoms with Gasteiger partial charge in [0.1, 0.15) is 5.76 Å². The third-order valence-corrected chi connectivity index (χ3v) is 2.65. The van der Waals surface area contributed by atoms with Gasteiger partial charge < -0.3 is 15.5 Å². The van der Waals surface area contributed by atoms with Crippen molar-refractivity contribution in [1.82, 2.24) is 0 Å². The molecule has 0 saturated heterocycles. The lowest BCUT2D eigenvalue weighted by molar-refractivity contribution is 0.518. The first kappa shape index (κ1) is 10.6. The quantitative estimate of drug-likeness (QED) is 0.775. The Bertz CT molecular complexity index is 475. The number of nitrogens with one attached hydrogen (secondary N) is 1. The van der Waals surface area contributed by atoms with E-state index in [0.717, 1.165) is 28.3 Å². The molecule has 84 valence electrons. The van der Waals surface area contributed by atoms with Crippen LogP contribution in [0, 0.1) is 13.8 Å². The zero-order chi connectivity index (χ0) is 11.5. The van der Waals surface area contributed by atoms with Gasteiger partial charge in [-0.25, -0.2) is 0 Å². The number of rotatable bonds is 3. The molecule has 3 heteroatoms. The molecule has 2 rings (SSSR count). The average Bonchev–Trinajstić information content (AvgIpc) is 2.74. The maximum absolute atomic E-state index is 5.83. The van der Waals surface area contributed by atoms with Crippen molar-refractivity contribution >= 4 is 11.4 Å². The van der Waals surface area contributed by atoms with Gasteiger partial charge in [-0.05, 0) is 49.2 Å². The van der Waals surface area contributed by atoms with E-state index in [0.29, 0.717) is 6.54 Å². The van der Waals surface area contributed by atoms with Gasteiger partial charge in [0.25, 0.3) is 0 Å². The fourth-order valence-electron chi connectivity index (χ4n) is 1.62. The third-order valence-electron chi connectivity index (χ3n) is 2.65. The van der Waals surface area contributed by atoms with Crippen molar-refractivity contribution in [2.45, 2.75) is 20.4 Å². The van der Waals surface area contributed by atoms with E-state index in [2.05, 4.69) is 11.4 Å². The van der Waals surface area contributed by atoms with Gasteiger partial charge in [-0.15, -0.1) is 0 Å². The van der Waals surface area contributed by atoms with Crippen molar-refractivity contribution in [3.8, 4) is 0 Å². The summed E-state index contributed by atoms with van der Waals surface area (Å²) < 4.78 is 5.26. The summed E-state index contributed by atoms with van der Waals surface area (Å²) in [5.41, 5.74) is 10.0. The Morgan fingerprint density at radius 1 is 1.25 bits per heavy atom. The number of benzene rings is 1. The fourth-order valence-corrected chi connectivity index (χ4v) is 1.62. The highest BCUT2D eigenvalue weighted by Gasteiger charge is 2.02.